The molecule has 1 aromatic heterocycles. The van der Waals surface area contributed by atoms with Crippen LogP contribution in [-0.4, -0.2) is 59.2 Å². The minimum absolute atomic E-state index is 0.0591. The fourth-order valence-electron chi connectivity index (χ4n) is 5.69. The van der Waals surface area contributed by atoms with E-state index in [2.05, 4.69) is 4.98 Å². The maximum absolute atomic E-state index is 13.9. The number of likely N-dealkylation sites (tertiary alicyclic amines) is 1. The van der Waals surface area contributed by atoms with E-state index in [9.17, 15) is 19.2 Å². The molecule has 2 aromatic carbocycles. The molecule has 6 rings (SSSR count). The number of ether oxygens (including phenoxy) is 2. The van der Waals surface area contributed by atoms with Gasteiger partial charge in [-0.2, -0.15) is 0 Å². The lowest BCUT2D eigenvalue weighted by Gasteiger charge is -2.30. The number of aromatic amines is 1. The van der Waals surface area contributed by atoms with Crippen molar-refractivity contribution < 1.29 is 23.9 Å². The highest BCUT2D eigenvalue weighted by Crippen LogP contribution is 2.53. The van der Waals surface area contributed by atoms with Crippen molar-refractivity contribution >= 4 is 46.5 Å². The molecule has 2 unspecified atom stereocenters. The Morgan fingerprint density at radius 1 is 0.975 bits per heavy atom. The molecule has 2 fully saturated rings. The Balaban J connectivity index is 1.34. The molecule has 4 heterocycles. The molecule has 2 saturated heterocycles. The molecule has 0 bridgehead atoms. The summed E-state index contributed by atoms with van der Waals surface area (Å²) in [6.07, 6.45) is 3.14. The summed E-state index contributed by atoms with van der Waals surface area (Å²) in [5, 5.41) is -0.0631. The predicted molar refractivity (Wildman–Crippen MR) is 152 cm³/mol. The van der Waals surface area contributed by atoms with Crippen LogP contribution in [0.1, 0.15) is 42.5 Å². The maximum Gasteiger partial charge on any atom is 0.305 e. The average molecular weight is 580 g/mol. The number of carbonyl (C=O) groups is 3. The molecular weight excluding hydrogens is 550 g/mol. The molecule has 208 valence electrons. The second-order valence-electron chi connectivity index (χ2n) is 9.97. The third-order valence-corrected chi connectivity index (χ3v) is 9.93. The number of thiazole rings is 1. The Morgan fingerprint density at radius 2 is 1.75 bits per heavy atom. The van der Waals surface area contributed by atoms with Crippen LogP contribution in [0.25, 0.3) is 0 Å². The molecule has 3 aliphatic heterocycles. The van der Waals surface area contributed by atoms with E-state index >= 15 is 0 Å². The van der Waals surface area contributed by atoms with Gasteiger partial charge in [0.05, 0.1) is 23.2 Å². The molecule has 40 heavy (non-hydrogen) atoms. The Hall–Kier alpha value is -3.57. The zero-order valence-corrected chi connectivity index (χ0v) is 23.6. The quantitative estimate of drug-likeness (QED) is 0.421. The van der Waals surface area contributed by atoms with Crippen molar-refractivity contribution in [1.82, 2.24) is 9.88 Å². The van der Waals surface area contributed by atoms with Crippen molar-refractivity contribution in [2.45, 2.75) is 42.4 Å². The molecule has 3 aromatic rings. The van der Waals surface area contributed by atoms with Crippen LogP contribution in [0.2, 0.25) is 0 Å². The van der Waals surface area contributed by atoms with Crippen LogP contribution in [0.15, 0.2) is 58.4 Å². The molecule has 0 aliphatic carbocycles. The first kappa shape index (κ1) is 26.6. The number of hydrogen-bond acceptors (Lipinski definition) is 8. The zero-order valence-electron chi connectivity index (χ0n) is 22.0. The molecule has 0 radical (unpaired) electrons. The lowest BCUT2D eigenvalue weighted by molar-refractivity contribution is -0.134. The van der Waals surface area contributed by atoms with E-state index in [1.807, 2.05) is 24.0 Å². The number of rotatable bonds is 7. The number of piperidine rings is 1. The fourth-order valence-corrected chi connectivity index (χ4v) is 8.20. The maximum atomic E-state index is 13.9. The van der Waals surface area contributed by atoms with Crippen molar-refractivity contribution in [3.05, 3.63) is 68.6 Å². The van der Waals surface area contributed by atoms with Crippen LogP contribution in [0.4, 0.5) is 5.69 Å². The number of anilines is 1. The highest BCUT2D eigenvalue weighted by atomic mass is 32.2. The number of nitrogens with one attached hydrogen (secondary N) is 1. The largest absolute Gasteiger partial charge is 0.490 e. The van der Waals surface area contributed by atoms with E-state index in [1.54, 1.807) is 36.4 Å². The van der Waals surface area contributed by atoms with Crippen molar-refractivity contribution in [2.24, 2.45) is 5.92 Å². The van der Waals surface area contributed by atoms with Crippen LogP contribution in [0.5, 0.6) is 11.5 Å². The van der Waals surface area contributed by atoms with Gasteiger partial charge in [-0.15, -0.1) is 0 Å². The van der Waals surface area contributed by atoms with Gasteiger partial charge in [0.15, 0.2) is 18.1 Å². The molecule has 0 saturated carbocycles. The van der Waals surface area contributed by atoms with Gasteiger partial charge in [-0.1, -0.05) is 47.4 Å². The first-order valence-electron chi connectivity index (χ1n) is 13.5. The number of fused-ring (bicyclic) bond motifs is 2. The SMILES string of the molecule is CCOc1cc([C@H]2c3sc(=O)[nH]c3SC3C(=O)N(c4ccccc4)C(=O)C32)ccc1OCC(=O)N1CCCCC1. The molecule has 3 atom stereocenters. The zero-order chi connectivity index (χ0) is 27.8. The summed E-state index contributed by atoms with van der Waals surface area (Å²) in [5.41, 5.74) is 1.27. The van der Waals surface area contributed by atoms with Crippen molar-refractivity contribution in [1.29, 1.82) is 0 Å². The van der Waals surface area contributed by atoms with Crippen molar-refractivity contribution in [2.75, 3.05) is 31.2 Å². The number of para-hydroxylation sites is 1. The summed E-state index contributed by atoms with van der Waals surface area (Å²) >= 11 is 2.30. The number of nitrogens with zero attached hydrogens (tertiary/aromatic N) is 2. The number of thioether (sulfide) groups is 1. The molecular formula is C29H29N3O6S2. The van der Waals surface area contributed by atoms with Crippen LogP contribution in [0, 0.1) is 5.92 Å². The van der Waals surface area contributed by atoms with Gasteiger partial charge in [-0.3, -0.25) is 19.2 Å². The van der Waals surface area contributed by atoms with Gasteiger partial charge < -0.3 is 19.4 Å². The number of benzene rings is 2. The van der Waals surface area contributed by atoms with E-state index in [4.69, 9.17) is 9.47 Å². The van der Waals surface area contributed by atoms with Crippen molar-refractivity contribution in [3.63, 3.8) is 0 Å². The minimum atomic E-state index is -0.696. The molecule has 1 N–H and O–H groups in total. The Bertz CT molecular complexity index is 1500. The lowest BCUT2D eigenvalue weighted by Crippen LogP contribution is -2.38. The van der Waals surface area contributed by atoms with Gasteiger partial charge in [0.2, 0.25) is 11.8 Å². The number of aromatic nitrogens is 1. The second-order valence-corrected chi connectivity index (χ2v) is 12.1. The van der Waals surface area contributed by atoms with E-state index in [-0.39, 0.29) is 29.2 Å². The summed E-state index contributed by atoms with van der Waals surface area (Å²) in [6.45, 7) is 3.63. The summed E-state index contributed by atoms with van der Waals surface area (Å²) in [7, 11) is 0. The third-order valence-electron chi connectivity index (χ3n) is 7.52. The average Bonchev–Trinajstić information content (AvgIpc) is 3.47. The summed E-state index contributed by atoms with van der Waals surface area (Å²) in [5.74, 6) is -0.999. The minimum Gasteiger partial charge on any atom is -0.490 e. The molecule has 9 nitrogen and oxygen atoms in total. The van der Waals surface area contributed by atoms with E-state index in [0.29, 0.717) is 28.8 Å². The van der Waals surface area contributed by atoms with E-state index < -0.39 is 17.1 Å². The monoisotopic (exact) mass is 579 g/mol. The number of hydrogen-bond donors (Lipinski definition) is 1. The summed E-state index contributed by atoms with van der Waals surface area (Å²) in [6, 6.07) is 14.3. The predicted octanol–water partition coefficient (Wildman–Crippen LogP) is 4.02. The van der Waals surface area contributed by atoms with E-state index in [0.717, 1.165) is 54.1 Å². The van der Waals surface area contributed by atoms with Crippen LogP contribution >= 0.6 is 23.1 Å². The second kappa shape index (κ2) is 11.1. The van der Waals surface area contributed by atoms with Crippen LogP contribution < -0.4 is 19.2 Å². The topological polar surface area (TPSA) is 109 Å². The summed E-state index contributed by atoms with van der Waals surface area (Å²) < 4.78 is 11.8. The van der Waals surface area contributed by atoms with Gasteiger partial charge in [0.25, 0.3) is 5.91 Å². The molecule has 3 aliphatic rings. The Kier molecular flexibility index (Phi) is 7.41. The third kappa shape index (κ3) is 4.81. The van der Waals surface area contributed by atoms with Gasteiger partial charge >= 0.3 is 4.87 Å². The molecule has 11 heteroatoms. The number of carbonyl (C=O) groups excluding carboxylic acids is 3. The van der Waals surface area contributed by atoms with Gasteiger partial charge in [0, 0.05) is 23.9 Å². The molecule has 0 spiro atoms. The van der Waals surface area contributed by atoms with Gasteiger partial charge in [0.1, 0.15) is 5.25 Å². The van der Waals surface area contributed by atoms with Crippen LogP contribution in [-0.2, 0) is 14.4 Å². The Morgan fingerprint density at radius 3 is 2.50 bits per heavy atom. The highest BCUT2D eigenvalue weighted by Gasteiger charge is 2.56. The normalized spacial score (nSPS) is 22.2. The highest BCUT2D eigenvalue weighted by molar-refractivity contribution is 8.00. The lowest BCUT2D eigenvalue weighted by atomic mass is 9.83. The number of amides is 3. The van der Waals surface area contributed by atoms with Crippen molar-refractivity contribution in [3.8, 4) is 11.5 Å². The smallest absolute Gasteiger partial charge is 0.305 e. The summed E-state index contributed by atoms with van der Waals surface area (Å²) in [4.78, 5) is 58.9. The van der Waals surface area contributed by atoms with Gasteiger partial charge in [-0.25, -0.2) is 4.90 Å². The van der Waals surface area contributed by atoms with E-state index in [1.165, 1.54) is 16.7 Å². The standard InChI is InChI=1S/C29H29N3O6S2/c1-2-37-20-15-17(11-12-19(20)38-16-21(33)31-13-7-4-8-14-31)22-23-25(39-26-24(22)40-29(36)30-26)28(35)32(27(23)34)18-9-5-3-6-10-18/h3,5-6,9-12,15,22-23,25H,2,4,7-8,13-14,16H2,1H3,(H,30,36)/t22-,23?,25?/m1/s1. The fraction of sp³-hybridized carbons (Fsp3) is 0.379. The Labute approximate surface area is 239 Å². The number of H-pyrrole nitrogens is 1. The number of imide groups is 1. The first-order valence-corrected chi connectivity index (χ1v) is 15.2. The first-order chi connectivity index (χ1) is 19.5. The van der Waals surface area contributed by atoms with Crippen LogP contribution in [0.3, 0.4) is 0 Å². The van der Waals surface area contributed by atoms with Gasteiger partial charge in [-0.05, 0) is 56.0 Å². The molecule has 3 amide bonds.